The second-order valence-corrected chi connectivity index (χ2v) is 12.9. The Balaban J connectivity index is 1.48. The topological polar surface area (TPSA) is 126 Å². The van der Waals surface area contributed by atoms with Crippen LogP contribution < -0.4 is 10.0 Å². The van der Waals surface area contributed by atoms with E-state index in [-0.39, 0.29) is 16.6 Å². The standard InChI is InChI=1S/C32H41N5O5S/c1-5-7-12-29-34-32(15-17-33-18-16-32)31(38)37(29)20-24-13-14-26(25(19-24)21-41-6-2)27-10-8-9-11-28(27)43(39,40)36-30-22(3)23(4)42-35-30/h8-11,13-14,19,33H,5-7,12,15-18,20-21H2,1-4H3,(H,35,36). The molecule has 10 nitrogen and oxygen atoms in total. The Labute approximate surface area is 253 Å². The van der Waals surface area contributed by atoms with Gasteiger partial charge in [-0.3, -0.25) is 19.4 Å². The van der Waals surface area contributed by atoms with E-state index in [0.717, 1.165) is 54.9 Å². The smallest absolute Gasteiger partial charge is 0.263 e. The largest absolute Gasteiger partial charge is 0.377 e. The molecular formula is C32H41N5O5S. The average Bonchev–Trinajstić information content (AvgIpc) is 3.45. The second-order valence-electron chi connectivity index (χ2n) is 11.2. The number of aliphatic imine (C=N–C) groups is 1. The molecule has 43 heavy (non-hydrogen) atoms. The van der Waals surface area contributed by atoms with Crippen LogP contribution in [0.5, 0.6) is 0 Å². The number of hydrogen-bond acceptors (Lipinski definition) is 8. The zero-order valence-electron chi connectivity index (χ0n) is 25.4. The summed E-state index contributed by atoms with van der Waals surface area (Å²) in [5.41, 5.74) is 3.04. The van der Waals surface area contributed by atoms with Gasteiger partial charge >= 0.3 is 0 Å². The van der Waals surface area contributed by atoms with E-state index in [4.69, 9.17) is 14.3 Å². The zero-order chi connectivity index (χ0) is 30.6. The molecule has 2 aliphatic heterocycles. The lowest BCUT2D eigenvalue weighted by atomic mass is 9.88. The van der Waals surface area contributed by atoms with Crippen molar-refractivity contribution >= 4 is 27.6 Å². The number of anilines is 1. The average molecular weight is 608 g/mol. The van der Waals surface area contributed by atoms with Gasteiger partial charge in [0.2, 0.25) is 0 Å². The Kier molecular flexibility index (Phi) is 9.33. The fourth-order valence-electron chi connectivity index (χ4n) is 5.72. The van der Waals surface area contributed by atoms with E-state index >= 15 is 0 Å². The van der Waals surface area contributed by atoms with Gasteiger partial charge in [0.15, 0.2) is 5.82 Å². The van der Waals surface area contributed by atoms with Gasteiger partial charge in [0.1, 0.15) is 17.1 Å². The Bertz CT molecular complexity index is 1610. The Morgan fingerprint density at radius 2 is 1.86 bits per heavy atom. The van der Waals surface area contributed by atoms with Crippen molar-refractivity contribution in [1.29, 1.82) is 0 Å². The molecule has 0 radical (unpaired) electrons. The van der Waals surface area contributed by atoms with E-state index in [2.05, 4.69) is 22.1 Å². The lowest BCUT2D eigenvalue weighted by Gasteiger charge is -2.30. The van der Waals surface area contributed by atoms with Gasteiger partial charge < -0.3 is 14.6 Å². The minimum atomic E-state index is -3.99. The predicted molar refractivity (Wildman–Crippen MR) is 166 cm³/mol. The highest BCUT2D eigenvalue weighted by Gasteiger charge is 2.48. The Morgan fingerprint density at radius 1 is 1.09 bits per heavy atom. The molecule has 11 heteroatoms. The number of piperidine rings is 1. The molecule has 1 saturated heterocycles. The van der Waals surface area contributed by atoms with Crippen LogP contribution in [0, 0.1) is 13.8 Å². The first-order valence-electron chi connectivity index (χ1n) is 15.0. The van der Waals surface area contributed by atoms with Crippen molar-refractivity contribution in [3.63, 3.8) is 0 Å². The van der Waals surface area contributed by atoms with Crippen molar-refractivity contribution in [2.45, 2.75) is 83.4 Å². The molecule has 0 saturated carbocycles. The summed E-state index contributed by atoms with van der Waals surface area (Å²) in [4.78, 5) is 20.8. The molecule has 0 bridgehead atoms. The van der Waals surface area contributed by atoms with Gasteiger partial charge in [0.25, 0.3) is 15.9 Å². The van der Waals surface area contributed by atoms with Gasteiger partial charge in [-0.15, -0.1) is 0 Å². The van der Waals surface area contributed by atoms with Crippen molar-refractivity contribution in [2.24, 2.45) is 4.99 Å². The van der Waals surface area contributed by atoms with E-state index in [1.807, 2.05) is 36.1 Å². The van der Waals surface area contributed by atoms with Crippen LogP contribution in [0.25, 0.3) is 11.1 Å². The second kappa shape index (κ2) is 13.0. The number of amides is 1. The number of aryl methyl sites for hydroxylation is 1. The number of sulfonamides is 1. The van der Waals surface area contributed by atoms with Gasteiger partial charge in [-0.1, -0.05) is 54.9 Å². The molecular weight excluding hydrogens is 566 g/mol. The van der Waals surface area contributed by atoms with Crippen molar-refractivity contribution < 1.29 is 22.5 Å². The van der Waals surface area contributed by atoms with Crippen molar-refractivity contribution in [3.8, 4) is 11.1 Å². The van der Waals surface area contributed by atoms with Gasteiger partial charge in [0, 0.05) is 24.2 Å². The molecule has 2 N–H and O–H groups in total. The number of amidine groups is 1. The van der Waals surface area contributed by atoms with Gasteiger partial charge in [-0.25, -0.2) is 8.42 Å². The lowest BCUT2D eigenvalue weighted by molar-refractivity contribution is -0.132. The molecule has 1 aromatic heterocycles. The molecule has 3 heterocycles. The molecule has 230 valence electrons. The van der Waals surface area contributed by atoms with Crippen LogP contribution in [0.4, 0.5) is 5.82 Å². The lowest BCUT2D eigenvalue weighted by Crippen LogP contribution is -2.48. The Hall–Kier alpha value is -3.54. The monoisotopic (exact) mass is 607 g/mol. The third-order valence-corrected chi connectivity index (χ3v) is 9.71. The summed E-state index contributed by atoms with van der Waals surface area (Å²) in [7, 11) is -3.99. The highest BCUT2D eigenvalue weighted by atomic mass is 32.2. The number of benzene rings is 2. The maximum absolute atomic E-state index is 13.8. The SMILES string of the molecule is CCCCC1=NC2(CCNCC2)C(=O)N1Cc1ccc(-c2ccccc2S(=O)(=O)Nc2noc(C)c2C)c(COCC)c1. The highest BCUT2D eigenvalue weighted by Crippen LogP contribution is 2.36. The van der Waals surface area contributed by atoms with Crippen LogP contribution in [0.3, 0.4) is 0 Å². The number of unbranched alkanes of at least 4 members (excludes halogenated alkanes) is 1. The number of carbonyl (C=O) groups is 1. The molecule has 0 unspecified atom stereocenters. The molecule has 2 aliphatic rings. The van der Waals surface area contributed by atoms with Gasteiger partial charge in [-0.2, -0.15) is 0 Å². The number of hydrogen-bond donors (Lipinski definition) is 2. The summed E-state index contributed by atoms with van der Waals surface area (Å²) in [6.45, 7) is 10.3. The molecule has 0 aliphatic carbocycles. The molecule has 1 spiro atoms. The molecule has 3 aromatic rings. The fraction of sp³-hybridized carbons (Fsp3) is 0.469. The van der Waals surface area contributed by atoms with Crippen LogP contribution in [-0.4, -0.2) is 55.5 Å². The number of carbonyl (C=O) groups excluding carboxylic acids is 1. The molecule has 1 amide bonds. The maximum Gasteiger partial charge on any atom is 0.263 e. The van der Waals surface area contributed by atoms with E-state index in [1.165, 1.54) is 0 Å². The van der Waals surface area contributed by atoms with Crippen LogP contribution in [0.1, 0.15) is 68.4 Å². The summed E-state index contributed by atoms with van der Waals surface area (Å²) < 4.78 is 40.8. The van der Waals surface area contributed by atoms with Gasteiger partial charge in [0.05, 0.1) is 18.0 Å². The van der Waals surface area contributed by atoms with Crippen molar-refractivity contribution in [3.05, 3.63) is 64.9 Å². The number of nitrogens with one attached hydrogen (secondary N) is 2. The van der Waals surface area contributed by atoms with E-state index in [1.54, 1.807) is 32.0 Å². The van der Waals surface area contributed by atoms with E-state index in [0.29, 0.717) is 49.5 Å². The van der Waals surface area contributed by atoms with Crippen LogP contribution in [-0.2, 0) is 32.7 Å². The molecule has 1 fully saturated rings. The normalized spacial score (nSPS) is 16.6. The van der Waals surface area contributed by atoms with Crippen molar-refractivity contribution in [1.82, 2.24) is 15.4 Å². The van der Waals surface area contributed by atoms with Crippen LogP contribution in [0.15, 0.2) is 56.9 Å². The molecule has 5 rings (SSSR count). The first-order valence-corrected chi connectivity index (χ1v) is 16.5. The Morgan fingerprint density at radius 3 is 2.56 bits per heavy atom. The minimum absolute atomic E-state index is 0.0800. The summed E-state index contributed by atoms with van der Waals surface area (Å²) >= 11 is 0. The third-order valence-electron chi connectivity index (χ3n) is 8.31. The fourth-order valence-corrected chi connectivity index (χ4v) is 7.00. The first kappa shape index (κ1) is 30.9. The quantitative estimate of drug-likeness (QED) is 0.284. The van der Waals surface area contributed by atoms with E-state index in [9.17, 15) is 13.2 Å². The molecule has 2 aromatic carbocycles. The molecule has 0 atom stereocenters. The van der Waals surface area contributed by atoms with Crippen molar-refractivity contribution in [2.75, 3.05) is 24.4 Å². The summed E-state index contributed by atoms with van der Waals surface area (Å²) in [6.07, 6.45) is 4.18. The highest BCUT2D eigenvalue weighted by molar-refractivity contribution is 7.92. The number of aromatic nitrogens is 1. The summed E-state index contributed by atoms with van der Waals surface area (Å²) in [6, 6.07) is 12.8. The van der Waals surface area contributed by atoms with Crippen LogP contribution >= 0.6 is 0 Å². The number of ether oxygens (including phenoxy) is 1. The number of rotatable bonds is 12. The summed E-state index contributed by atoms with van der Waals surface area (Å²) in [5, 5.41) is 7.23. The summed E-state index contributed by atoms with van der Waals surface area (Å²) in [5.74, 6) is 1.66. The van der Waals surface area contributed by atoms with Gasteiger partial charge in [-0.05, 0) is 75.9 Å². The predicted octanol–water partition coefficient (Wildman–Crippen LogP) is 5.35. The zero-order valence-corrected chi connectivity index (χ0v) is 26.2. The third kappa shape index (κ3) is 6.39. The minimum Gasteiger partial charge on any atom is -0.377 e. The van der Waals surface area contributed by atoms with E-state index < -0.39 is 15.6 Å². The number of nitrogens with zero attached hydrogens (tertiary/aromatic N) is 3. The first-order chi connectivity index (χ1) is 20.7. The van der Waals surface area contributed by atoms with Crippen LogP contribution in [0.2, 0.25) is 0 Å². The maximum atomic E-state index is 13.8.